The average molecular weight is 182 g/mol. The molecule has 0 bridgehead atoms. The molecule has 1 N–H and O–H groups in total. The average Bonchev–Trinajstić information content (AvgIpc) is 2.63. The molecular weight excluding hydrogens is 172 g/mol. The molecule has 0 spiro atoms. The first-order valence-corrected chi connectivity index (χ1v) is 4.09. The minimum atomic E-state index is -0.532. The first-order valence-electron chi connectivity index (χ1n) is 4.09. The van der Waals surface area contributed by atoms with Crippen molar-refractivity contribution in [1.82, 2.24) is 9.88 Å². The minimum absolute atomic E-state index is 0.0381. The van der Waals surface area contributed by atoms with Crippen molar-refractivity contribution in [3.8, 4) is 0 Å². The number of aromatic nitrogens is 1. The van der Waals surface area contributed by atoms with Crippen LogP contribution < -0.4 is 0 Å². The highest BCUT2D eigenvalue weighted by atomic mass is 16.3. The number of rotatable bonds is 2. The molecule has 1 unspecified atom stereocenters. The van der Waals surface area contributed by atoms with Gasteiger partial charge in [0, 0.05) is 6.54 Å². The molecule has 2 heterocycles. The van der Waals surface area contributed by atoms with Crippen molar-refractivity contribution in [3.63, 3.8) is 0 Å². The number of hydrogen-bond donors (Lipinski definition) is 1. The lowest BCUT2D eigenvalue weighted by atomic mass is 10.3. The lowest BCUT2D eigenvalue weighted by Crippen LogP contribution is -2.24. The Hall–Kier alpha value is -1.36. The van der Waals surface area contributed by atoms with E-state index in [4.69, 9.17) is 4.42 Å². The molecule has 1 aliphatic rings. The second-order valence-electron chi connectivity index (χ2n) is 3.10. The second kappa shape index (κ2) is 3.18. The van der Waals surface area contributed by atoms with Gasteiger partial charge in [-0.25, -0.2) is 4.98 Å². The predicted molar refractivity (Wildman–Crippen MR) is 42.5 cm³/mol. The largest absolute Gasteiger partial charge is 0.447 e. The van der Waals surface area contributed by atoms with Crippen molar-refractivity contribution in [1.29, 1.82) is 0 Å². The van der Waals surface area contributed by atoms with Gasteiger partial charge < -0.3 is 14.4 Å². The number of carbonyl (C=O) groups is 1. The van der Waals surface area contributed by atoms with E-state index in [1.54, 1.807) is 11.1 Å². The van der Waals surface area contributed by atoms with Crippen LogP contribution in [0.3, 0.4) is 0 Å². The van der Waals surface area contributed by atoms with Crippen molar-refractivity contribution in [3.05, 3.63) is 18.4 Å². The molecule has 0 radical (unpaired) electrons. The zero-order valence-corrected chi connectivity index (χ0v) is 7.01. The molecule has 1 atom stereocenters. The van der Waals surface area contributed by atoms with Gasteiger partial charge in [-0.05, 0) is 0 Å². The molecule has 5 heteroatoms. The highest BCUT2D eigenvalue weighted by Gasteiger charge is 2.28. The molecule has 0 aliphatic carbocycles. The Morgan fingerprint density at radius 3 is 3.15 bits per heavy atom. The molecule has 1 amide bonds. The van der Waals surface area contributed by atoms with Gasteiger partial charge in [-0.2, -0.15) is 0 Å². The lowest BCUT2D eigenvalue weighted by molar-refractivity contribution is -0.128. The Kier molecular flexibility index (Phi) is 2.02. The number of carbonyl (C=O) groups excluding carboxylic acids is 1. The van der Waals surface area contributed by atoms with Crippen molar-refractivity contribution in [2.75, 3.05) is 6.54 Å². The van der Waals surface area contributed by atoms with Crippen LogP contribution in [0.2, 0.25) is 0 Å². The van der Waals surface area contributed by atoms with Crippen LogP contribution in [0.1, 0.15) is 12.2 Å². The van der Waals surface area contributed by atoms with Crippen molar-refractivity contribution in [2.45, 2.75) is 19.1 Å². The van der Waals surface area contributed by atoms with Gasteiger partial charge in [0.1, 0.15) is 5.76 Å². The van der Waals surface area contributed by atoms with Gasteiger partial charge in [0.05, 0.1) is 25.3 Å². The third-order valence-corrected chi connectivity index (χ3v) is 2.02. The summed E-state index contributed by atoms with van der Waals surface area (Å²) >= 11 is 0. The molecule has 1 aliphatic heterocycles. The van der Waals surface area contributed by atoms with Crippen LogP contribution in [0.4, 0.5) is 0 Å². The van der Waals surface area contributed by atoms with Crippen LogP contribution in [0, 0.1) is 0 Å². The molecule has 70 valence electrons. The third kappa shape index (κ3) is 1.70. The fraction of sp³-hybridized carbons (Fsp3) is 0.500. The highest BCUT2D eigenvalue weighted by Crippen LogP contribution is 2.14. The predicted octanol–water partition coefficient (Wildman–Crippen LogP) is -0.232. The highest BCUT2D eigenvalue weighted by molar-refractivity contribution is 5.78. The molecule has 0 saturated carbocycles. The smallest absolute Gasteiger partial charge is 0.225 e. The van der Waals surface area contributed by atoms with Crippen molar-refractivity contribution < 1.29 is 14.3 Å². The first kappa shape index (κ1) is 8.25. The number of likely N-dealkylation sites (tertiary alicyclic amines) is 1. The molecule has 1 saturated heterocycles. The third-order valence-electron chi connectivity index (χ3n) is 2.02. The number of oxazole rings is 1. The molecule has 1 aromatic heterocycles. The van der Waals surface area contributed by atoms with Gasteiger partial charge in [-0.3, -0.25) is 4.79 Å². The lowest BCUT2D eigenvalue weighted by Gasteiger charge is -2.12. The number of aliphatic hydroxyl groups is 1. The number of aliphatic hydroxyl groups excluding tert-OH is 1. The van der Waals surface area contributed by atoms with Crippen LogP contribution in [-0.2, 0) is 11.3 Å². The Bertz CT molecular complexity index is 296. The van der Waals surface area contributed by atoms with Gasteiger partial charge in [0.2, 0.25) is 5.91 Å². The van der Waals surface area contributed by atoms with E-state index in [2.05, 4.69) is 4.98 Å². The first-order chi connectivity index (χ1) is 6.25. The van der Waals surface area contributed by atoms with E-state index < -0.39 is 6.10 Å². The maximum atomic E-state index is 11.2. The Morgan fingerprint density at radius 1 is 1.77 bits per heavy atom. The van der Waals surface area contributed by atoms with Crippen LogP contribution in [0.15, 0.2) is 17.0 Å². The zero-order chi connectivity index (χ0) is 9.26. The van der Waals surface area contributed by atoms with Crippen LogP contribution in [0.5, 0.6) is 0 Å². The summed E-state index contributed by atoms with van der Waals surface area (Å²) in [5.41, 5.74) is 0. The number of amides is 1. The summed E-state index contributed by atoms with van der Waals surface area (Å²) in [5, 5.41) is 9.19. The van der Waals surface area contributed by atoms with E-state index in [1.807, 2.05) is 0 Å². The SMILES string of the molecule is O=C1CC(O)CN1Cc1cnco1. The fourth-order valence-electron chi connectivity index (χ4n) is 1.41. The molecule has 2 rings (SSSR count). The monoisotopic (exact) mass is 182 g/mol. The van der Waals surface area contributed by atoms with Gasteiger partial charge in [0.15, 0.2) is 6.39 Å². The molecule has 0 aromatic carbocycles. The Morgan fingerprint density at radius 2 is 2.62 bits per heavy atom. The Balaban J connectivity index is 1.99. The van der Waals surface area contributed by atoms with Crippen molar-refractivity contribution >= 4 is 5.91 Å². The minimum Gasteiger partial charge on any atom is -0.447 e. The summed E-state index contributed by atoms with van der Waals surface area (Å²) in [6.07, 6.45) is 2.58. The maximum Gasteiger partial charge on any atom is 0.225 e. The number of hydrogen-bond acceptors (Lipinski definition) is 4. The molecule has 1 fully saturated rings. The quantitative estimate of drug-likeness (QED) is 0.686. The summed E-state index contributed by atoms with van der Waals surface area (Å²) in [6, 6.07) is 0. The molecule has 13 heavy (non-hydrogen) atoms. The summed E-state index contributed by atoms with van der Waals surface area (Å²) in [7, 11) is 0. The van der Waals surface area contributed by atoms with Crippen LogP contribution >= 0.6 is 0 Å². The number of nitrogens with zero attached hydrogens (tertiary/aromatic N) is 2. The second-order valence-corrected chi connectivity index (χ2v) is 3.10. The van der Waals surface area contributed by atoms with E-state index in [1.165, 1.54) is 6.39 Å². The van der Waals surface area contributed by atoms with Gasteiger partial charge in [-0.1, -0.05) is 0 Å². The summed E-state index contributed by atoms with van der Waals surface area (Å²) in [6.45, 7) is 0.787. The van der Waals surface area contributed by atoms with E-state index in [-0.39, 0.29) is 12.3 Å². The standard InChI is InChI=1S/C8H10N2O3/c11-6-1-8(12)10(3-6)4-7-2-9-5-13-7/h2,5-6,11H,1,3-4H2. The summed E-state index contributed by atoms with van der Waals surface area (Å²) in [5.74, 6) is 0.603. The van der Waals surface area contributed by atoms with E-state index in [0.717, 1.165) is 0 Å². The summed E-state index contributed by atoms with van der Waals surface area (Å²) < 4.78 is 4.99. The van der Waals surface area contributed by atoms with E-state index in [9.17, 15) is 9.90 Å². The molecular formula is C8H10N2O3. The Labute approximate surface area is 75.0 Å². The van der Waals surface area contributed by atoms with Crippen LogP contribution in [-0.4, -0.2) is 33.5 Å². The topological polar surface area (TPSA) is 66.6 Å². The van der Waals surface area contributed by atoms with Gasteiger partial charge >= 0.3 is 0 Å². The molecule has 5 nitrogen and oxygen atoms in total. The van der Waals surface area contributed by atoms with E-state index >= 15 is 0 Å². The summed E-state index contributed by atoms with van der Waals surface area (Å²) in [4.78, 5) is 16.5. The number of β-amino-alcohol motifs (C(OH)–C–C–N with tert-alkyl or cyclic N) is 1. The fourth-order valence-corrected chi connectivity index (χ4v) is 1.41. The van der Waals surface area contributed by atoms with Gasteiger partial charge in [-0.15, -0.1) is 0 Å². The molecule has 1 aromatic rings. The van der Waals surface area contributed by atoms with Gasteiger partial charge in [0.25, 0.3) is 0 Å². The zero-order valence-electron chi connectivity index (χ0n) is 7.01. The van der Waals surface area contributed by atoms with Crippen molar-refractivity contribution in [2.24, 2.45) is 0 Å². The normalized spacial score (nSPS) is 22.7. The van der Waals surface area contributed by atoms with E-state index in [0.29, 0.717) is 18.8 Å². The van der Waals surface area contributed by atoms with Crippen LogP contribution in [0.25, 0.3) is 0 Å². The maximum absolute atomic E-state index is 11.2.